The Bertz CT molecular complexity index is 163. The van der Waals surface area contributed by atoms with Crippen LogP contribution in [0, 0.1) is 0 Å². The third kappa shape index (κ3) is 13.2. The van der Waals surface area contributed by atoms with Gasteiger partial charge < -0.3 is 14.9 Å². The average Bonchev–Trinajstić information content (AvgIpc) is 2.14. The van der Waals surface area contributed by atoms with E-state index in [0.29, 0.717) is 0 Å². The molecule has 0 fully saturated rings. The maximum absolute atomic E-state index is 8.96. The number of rotatable bonds is 8. The minimum atomic E-state index is -0.253. The van der Waals surface area contributed by atoms with Gasteiger partial charge in [0.25, 0.3) is 0 Å². The smallest absolute Gasteiger partial charge is 0.0861 e. The van der Waals surface area contributed by atoms with E-state index in [4.69, 9.17) is 14.9 Å². The molecule has 0 rings (SSSR count). The van der Waals surface area contributed by atoms with Crippen molar-refractivity contribution in [2.24, 2.45) is 0 Å². The predicted molar refractivity (Wildman–Crippen MR) is 61.2 cm³/mol. The second kappa shape index (κ2) is 9.74. The summed E-state index contributed by atoms with van der Waals surface area (Å²) in [7, 11) is 0. The van der Waals surface area contributed by atoms with Gasteiger partial charge in [0.2, 0.25) is 0 Å². The average molecular weight is 214 g/mol. The first-order chi connectivity index (χ1) is 7.13. The molecule has 15 heavy (non-hydrogen) atoms. The normalized spacial score (nSPS) is 16.0. The van der Waals surface area contributed by atoms with Crippen LogP contribution in [0.1, 0.15) is 39.5 Å². The topological polar surface area (TPSA) is 49.7 Å². The lowest BCUT2D eigenvalue weighted by Gasteiger charge is -1.99. The largest absolute Gasteiger partial charge is 0.473 e. The molecule has 0 bridgehead atoms. The number of aliphatic hydroxyl groups excluding tert-OH is 2. The quantitative estimate of drug-likeness (QED) is 0.610. The highest BCUT2D eigenvalue weighted by atomic mass is 16.5. The van der Waals surface area contributed by atoms with Gasteiger partial charge in [0.1, 0.15) is 0 Å². The first kappa shape index (κ1) is 14.2. The van der Waals surface area contributed by atoms with E-state index >= 15 is 0 Å². The molecule has 2 unspecified atom stereocenters. The van der Waals surface area contributed by atoms with E-state index in [0.717, 1.165) is 25.7 Å². The van der Waals surface area contributed by atoms with Crippen molar-refractivity contribution >= 4 is 0 Å². The van der Waals surface area contributed by atoms with Gasteiger partial charge in [-0.2, -0.15) is 0 Å². The number of hydrogen-bond donors (Lipinski definition) is 2. The van der Waals surface area contributed by atoms with Gasteiger partial charge in [0, 0.05) is 0 Å². The van der Waals surface area contributed by atoms with Crippen molar-refractivity contribution in [3.8, 4) is 0 Å². The monoisotopic (exact) mass is 214 g/mol. The molecule has 0 aliphatic rings. The van der Waals surface area contributed by atoms with Crippen LogP contribution in [0.15, 0.2) is 24.7 Å². The first-order valence-electron chi connectivity index (χ1n) is 5.44. The summed E-state index contributed by atoms with van der Waals surface area (Å²) >= 11 is 0. The molecule has 0 aliphatic carbocycles. The fraction of sp³-hybridized carbons (Fsp3) is 0.667. The van der Waals surface area contributed by atoms with E-state index in [9.17, 15) is 0 Å². The Morgan fingerprint density at radius 1 is 0.933 bits per heavy atom. The van der Waals surface area contributed by atoms with Gasteiger partial charge in [0.05, 0.1) is 24.7 Å². The van der Waals surface area contributed by atoms with Crippen molar-refractivity contribution in [1.82, 2.24) is 0 Å². The zero-order valence-electron chi connectivity index (χ0n) is 9.60. The highest BCUT2D eigenvalue weighted by Crippen LogP contribution is 1.98. The van der Waals surface area contributed by atoms with Crippen LogP contribution in [-0.4, -0.2) is 22.4 Å². The summed E-state index contributed by atoms with van der Waals surface area (Å²) in [6.45, 7) is 3.54. The molecule has 0 amide bonds. The Labute approximate surface area is 92.1 Å². The third-order valence-corrected chi connectivity index (χ3v) is 1.85. The van der Waals surface area contributed by atoms with Crippen LogP contribution in [0.3, 0.4) is 0 Å². The zero-order chi connectivity index (χ0) is 11.5. The Hall–Kier alpha value is -0.800. The maximum Gasteiger partial charge on any atom is 0.0861 e. The summed E-state index contributed by atoms with van der Waals surface area (Å²) in [4.78, 5) is 0. The zero-order valence-corrected chi connectivity index (χ0v) is 9.60. The molecular weight excluding hydrogens is 192 g/mol. The minimum absolute atomic E-state index is 0.253. The standard InChI is InChI=1S/C12H22O3/c1-11(13)7-3-5-9-15-10-6-4-8-12(2)14/h5-6,9-14H,3-4,7-8H2,1-2H3. The third-order valence-electron chi connectivity index (χ3n) is 1.85. The summed E-state index contributed by atoms with van der Waals surface area (Å²) in [5, 5.41) is 17.9. The fourth-order valence-electron chi connectivity index (χ4n) is 0.967. The van der Waals surface area contributed by atoms with Gasteiger partial charge in [-0.25, -0.2) is 0 Å². The molecule has 0 aromatic rings. The number of aliphatic hydroxyl groups is 2. The fourth-order valence-corrected chi connectivity index (χ4v) is 0.967. The SMILES string of the molecule is CC(O)CCC=COC=CCCC(C)O. The lowest BCUT2D eigenvalue weighted by atomic mass is 10.2. The molecule has 0 aromatic heterocycles. The van der Waals surface area contributed by atoms with E-state index < -0.39 is 0 Å². The Morgan fingerprint density at radius 3 is 1.67 bits per heavy atom. The second-order valence-corrected chi connectivity index (χ2v) is 3.73. The Kier molecular flexibility index (Phi) is 9.22. The van der Waals surface area contributed by atoms with E-state index in [1.165, 1.54) is 0 Å². The van der Waals surface area contributed by atoms with Crippen molar-refractivity contribution in [3.05, 3.63) is 24.7 Å². The molecule has 0 saturated carbocycles. The Morgan fingerprint density at radius 2 is 1.33 bits per heavy atom. The first-order valence-corrected chi connectivity index (χ1v) is 5.44. The van der Waals surface area contributed by atoms with Crippen molar-refractivity contribution < 1.29 is 14.9 Å². The van der Waals surface area contributed by atoms with Crippen molar-refractivity contribution in [2.75, 3.05) is 0 Å². The van der Waals surface area contributed by atoms with Crippen LogP contribution >= 0.6 is 0 Å². The summed E-state index contributed by atoms with van der Waals surface area (Å²) in [6.07, 6.45) is 9.63. The van der Waals surface area contributed by atoms with Gasteiger partial charge in [-0.05, 0) is 51.7 Å². The van der Waals surface area contributed by atoms with Crippen LogP contribution in [0.2, 0.25) is 0 Å². The predicted octanol–water partition coefficient (Wildman–Crippen LogP) is 2.35. The second-order valence-electron chi connectivity index (χ2n) is 3.73. The van der Waals surface area contributed by atoms with Crippen LogP contribution in [0.25, 0.3) is 0 Å². The van der Waals surface area contributed by atoms with Crippen molar-refractivity contribution in [2.45, 2.75) is 51.7 Å². The number of allylic oxidation sites excluding steroid dienone is 2. The van der Waals surface area contributed by atoms with Gasteiger partial charge in [-0.3, -0.25) is 0 Å². The molecule has 0 radical (unpaired) electrons. The molecule has 0 saturated heterocycles. The van der Waals surface area contributed by atoms with Gasteiger partial charge >= 0.3 is 0 Å². The highest BCUT2D eigenvalue weighted by molar-refractivity contribution is 4.80. The molecule has 0 aromatic carbocycles. The maximum atomic E-state index is 8.96. The molecular formula is C12H22O3. The van der Waals surface area contributed by atoms with Gasteiger partial charge in [-0.1, -0.05) is 0 Å². The summed E-state index contributed by atoms with van der Waals surface area (Å²) in [5.41, 5.74) is 0. The lowest BCUT2D eigenvalue weighted by molar-refractivity contribution is 0.185. The van der Waals surface area contributed by atoms with E-state index in [2.05, 4.69) is 0 Å². The molecule has 3 heteroatoms. The number of hydrogen-bond acceptors (Lipinski definition) is 3. The molecule has 88 valence electrons. The molecule has 0 spiro atoms. The van der Waals surface area contributed by atoms with Crippen LogP contribution in [0.5, 0.6) is 0 Å². The van der Waals surface area contributed by atoms with Crippen LogP contribution < -0.4 is 0 Å². The van der Waals surface area contributed by atoms with Crippen molar-refractivity contribution in [1.29, 1.82) is 0 Å². The van der Waals surface area contributed by atoms with Gasteiger partial charge in [-0.15, -0.1) is 0 Å². The summed E-state index contributed by atoms with van der Waals surface area (Å²) in [5.74, 6) is 0. The van der Waals surface area contributed by atoms with Crippen LogP contribution in [0.4, 0.5) is 0 Å². The van der Waals surface area contributed by atoms with Crippen molar-refractivity contribution in [3.63, 3.8) is 0 Å². The minimum Gasteiger partial charge on any atom is -0.473 e. The molecule has 2 atom stereocenters. The molecule has 3 nitrogen and oxygen atoms in total. The lowest BCUT2D eigenvalue weighted by Crippen LogP contribution is -1.97. The van der Waals surface area contributed by atoms with E-state index in [-0.39, 0.29) is 12.2 Å². The molecule has 0 heterocycles. The van der Waals surface area contributed by atoms with E-state index in [1.807, 2.05) is 12.2 Å². The molecule has 0 aliphatic heterocycles. The Balaban J connectivity index is 3.28. The summed E-state index contributed by atoms with van der Waals surface area (Å²) in [6, 6.07) is 0. The van der Waals surface area contributed by atoms with Gasteiger partial charge in [0.15, 0.2) is 0 Å². The highest BCUT2D eigenvalue weighted by Gasteiger charge is 1.91. The van der Waals surface area contributed by atoms with Crippen LogP contribution in [-0.2, 0) is 4.74 Å². The summed E-state index contributed by atoms with van der Waals surface area (Å²) < 4.78 is 5.07. The number of ether oxygens (including phenoxy) is 1. The van der Waals surface area contributed by atoms with E-state index in [1.54, 1.807) is 26.4 Å². The molecule has 2 N–H and O–H groups in total.